The summed E-state index contributed by atoms with van der Waals surface area (Å²) in [5, 5.41) is 2.85. The average Bonchev–Trinajstić information content (AvgIpc) is 2.84. The second-order valence-electron chi connectivity index (χ2n) is 9.27. The van der Waals surface area contributed by atoms with Crippen LogP contribution in [0.3, 0.4) is 0 Å². The van der Waals surface area contributed by atoms with E-state index in [-0.39, 0.29) is 35.0 Å². The monoisotopic (exact) mass is 510 g/mol. The van der Waals surface area contributed by atoms with Crippen LogP contribution in [-0.4, -0.2) is 92.3 Å². The van der Waals surface area contributed by atoms with E-state index in [1.807, 2.05) is 55.6 Å². The van der Waals surface area contributed by atoms with Gasteiger partial charge in [-0.1, -0.05) is 44.2 Å². The zero-order chi connectivity index (χ0) is 26.4. The molecule has 3 atom stereocenters. The summed E-state index contributed by atoms with van der Waals surface area (Å²) in [6.07, 6.45) is 3.05. The first kappa shape index (κ1) is 30.9. The molecule has 0 aliphatic rings. The average molecular weight is 511 g/mol. The molecule has 0 aromatic heterocycles. The molecule has 198 valence electrons. The molecule has 35 heavy (non-hydrogen) atoms. The smallest absolute Gasteiger partial charge is 0.467 e. The van der Waals surface area contributed by atoms with Gasteiger partial charge in [-0.3, -0.25) is 9.69 Å². The zero-order valence-corrected chi connectivity index (χ0v) is 23.2. The second kappa shape index (κ2) is 15.8. The summed E-state index contributed by atoms with van der Waals surface area (Å²) in [4.78, 5) is 40.2. The Morgan fingerprint density at radius 3 is 2.34 bits per heavy atom. The molecule has 0 unspecified atom stereocenters. The van der Waals surface area contributed by atoms with Crippen LogP contribution in [0.25, 0.3) is 0 Å². The van der Waals surface area contributed by atoms with Gasteiger partial charge in [-0.25, -0.2) is 9.28 Å². The van der Waals surface area contributed by atoms with Gasteiger partial charge in [-0.2, -0.15) is 16.6 Å². The lowest BCUT2D eigenvalue weighted by atomic mass is 9.95. The lowest BCUT2D eigenvalue weighted by Crippen LogP contribution is -2.60. The van der Waals surface area contributed by atoms with Gasteiger partial charge >= 0.3 is 12.1 Å². The number of hydrogen-bond acceptors (Lipinski definition) is 7. The maximum Gasteiger partial charge on any atom is 0.515 e. The summed E-state index contributed by atoms with van der Waals surface area (Å²) in [6.45, 7) is 7.49. The standard InChI is InChI=1S/C26H43N3O5S/c1-8-20(3)23(29(4,5)26(32)34-9-2)18-28(17-21-13-11-10-12-14-21)19-24(30)27-22(15-16-35-7)25(31)33-6/h10-14,20,22-23H,8-9,15-19H2,1-7H3/p+1/t20-,22-,23+/m0/s1. The zero-order valence-electron chi connectivity index (χ0n) is 22.4. The number of quaternary nitrogens is 1. The van der Waals surface area contributed by atoms with Gasteiger partial charge in [0.15, 0.2) is 0 Å². The minimum Gasteiger partial charge on any atom is -0.467 e. The van der Waals surface area contributed by atoms with E-state index in [1.165, 1.54) is 7.11 Å². The van der Waals surface area contributed by atoms with Gasteiger partial charge in [0.05, 0.1) is 40.9 Å². The molecule has 0 spiro atoms. The molecule has 9 heteroatoms. The molecule has 0 aliphatic carbocycles. The minimum atomic E-state index is -0.685. The van der Waals surface area contributed by atoms with Crippen molar-refractivity contribution in [2.45, 2.75) is 52.2 Å². The van der Waals surface area contributed by atoms with Gasteiger partial charge in [0, 0.05) is 12.5 Å². The van der Waals surface area contributed by atoms with Crippen LogP contribution in [0.2, 0.25) is 0 Å². The van der Waals surface area contributed by atoms with Crippen LogP contribution in [0.5, 0.6) is 0 Å². The van der Waals surface area contributed by atoms with Crippen LogP contribution in [0.15, 0.2) is 30.3 Å². The molecule has 8 nitrogen and oxygen atoms in total. The molecule has 1 aromatic carbocycles. The number of hydrogen-bond donors (Lipinski definition) is 1. The van der Waals surface area contributed by atoms with Gasteiger partial charge < -0.3 is 14.8 Å². The highest BCUT2D eigenvalue weighted by atomic mass is 32.2. The van der Waals surface area contributed by atoms with Gasteiger partial charge in [0.2, 0.25) is 5.91 Å². The van der Waals surface area contributed by atoms with Gasteiger partial charge in [0.25, 0.3) is 0 Å². The third kappa shape index (κ3) is 10.2. The molecule has 0 fully saturated rings. The fourth-order valence-corrected chi connectivity index (χ4v) is 4.55. The van der Waals surface area contributed by atoms with Crippen molar-refractivity contribution in [2.24, 2.45) is 5.92 Å². The quantitative estimate of drug-likeness (QED) is 0.285. The van der Waals surface area contributed by atoms with Crippen molar-refractivity contribution in [1.82, 2.24) is 10.2 Å². The molecule has 0 radical (unpaired) electrons. The molecule has 0 saturated heterocycles. The maximum atomic E-state index is 13.1. The van der Waals surface area contributed by atoms with E-state index in [0.29, 0.717) is 26.1 Å². The number of nitrogens with zero attached hydrogens (tertiary/aromatic N) is 2. The first-order valence-electron chi connectivity index (χ1n) is 12.2. The first-order chi connectivity index (χ1) is 16.6. The largest absolute Gasteiger partial charge is 0.515 e. The van der Waals surface area contributed by atoms with E-state index in [4.69, 9.17) is 9.47 Å². The predicted molar refractivity (Wildman–Crippen MR) is 141 cm³/mol. The first-order valence-corrected chi connectivity index (χ1v) is 13.6. The molecule has 1 N–H and O–H groups in total. The molecular weight excluding hydrogens is 466 g/mol. The molecule has 2 amide bonds. The van der Waals surface area contributed by atoms with Gasteiger partial charge in [-0.15, -0.1) is 0 Å². The maximum absolute atomic E-state index is 13.1. The summed E-state index contributed by atoms with van der Waals surface area (Å²) in [5.41, 5.74) is 1.07. The van der Waals surface area contributed by atoms with Crippen LogP contribution in [-0.2, 0) is 25.6 Å². The number of benzene rings is 1. The molecule has 1 aromatic rings. The predicted octanol–water partition coefficient (Wildman–Crippen LogP) is 3.55. The Hall–Kier alpha value is -2.10. The normalized spacial score (nSPS) is 14.2. The summed E-state index contributed by atoms with van der Waals surface area (Å²) >= 11 is 1.61. The minimum absolute atomic E-state index is 0.0638. The van der Waals surface area contributed by atoms with E-state index in [9.17, 15) is 14.4 Å². The number of carbonyl (C=O) groups excluding carboxylic acids is 3. The van der Waals surface area contributed by atoms with Crippen molar-refractivity contribution in [3.63, 3.8) is 0 Å². The van der Waals surface area contributed by atoms with Crippen LogP contribution in [0.1, 0.15) is 39.2 Å². The topological polar surface area (TPSA) is 84.9 Å². The number of amides is 2. The van der Waals surface area contributed by atoms with Crippen molar-refractivity contribution in [1.29, 1.82) is 0 Å². The third-order valence-electron chi connectivity index (χ3n) is 6.36. The number of rotatable bonds is 15. The Kier molecular flexibility index (Phi) is 14.0. The lowest BCUT2D eigenvalue weighted by molar-refractivity contribution is -0.848. The third-order valence-corrected chi connectivity index (χ3v) is 7.01. The number of ether oxygens (including phenoxy) is 2. The Morgan fingerprint density at radius 1 is 1.14 bits per heavy atom. The Balaban J connectivity index is 3.16. The van der Waals surface area contributed by atoms with E-state index in [2.05, 4.69) is 19.2 Å². The number of thioether (sulfide) groups is 1. The number of nitrogens with one attached hydrogen (secondary N) is 1. The molecule has 0 saturated carbocycles. The SMILES string of the molecule is CCOC(=O)[N+](C)(C)[C@H](CN(CC(=O)N[C@@H](CCSC)C(=O)OC)Cc1ccccc1)[C@@H](C)CC. The second-order valence-corrected chi connectivity index (χ2v) is 10.3. The van der Waals surface area contributed by atoms with E-state index in [0.717, 1.165) is 17.7 Å². The van der Waals surface area contributed by atoms with Crippen molar-refractivity contribution < 1.29 is 28.3 Å². The number of methoxy groups -OCH3 is 1. The molecular formula is C26H44N3O5S+. The lowest BCUT2D eigenvalue weighted by Gasteiger charge is -2.40. The fourth-order valence-electron chi connectivity index (χ4n) is 4.08. The fraction of sp³-hybridized carbons (Fsp3) is 0.654. The summed E-state index contributed by atoms with van der Waals surface area (Å²) in [5.74, 6) is 0.247. The Labute approximate surface area is 215 Å². The van der Waals surface area contributed by atoms with Crippen molar-refractivity contribution in [2.75, 3.05) is 52.9 Å². The number of likely N-dealkylation sites (N-methyl/N-ethyl adjacent to an activating group) is 1. The molecule has 1 rings (SSSR count). The van der Waals surface area contributed by atoms with Crippen molar-refractivity contribution >= 4 is 29.7 Å². The van der Waals surface area contributed by atoms with Gasteiger partial charge in [0.1, 0.15) is 12.1 Å². The van der Waals surface area contributed by atoms with E-state index in [1.54, 1.807) is 18.7 Å². The van der Waals surface area contributed by atoms with Crippen molar-refractivity contribution in [3.8, 4) is 0 Å². The van der Waals surface area contributed by atoms with Crippen LogP contribution >= 0.6 is 11.8 Å². The van der Waals surface area contributed by atoms with Crippen LogP contribution in [0, 0.1) is 5.92 Å². The summed E-state index contributed by atoms with van der Waals surface area (Å²) in [6, 6.07) is 9.14. The summed E-state index contributed by atoms with van der Waals surface area (Å²) < 4.78 is 10.3. The molecule has 0 heterocycles. The molecule has 0 bridgehead atoms. The highest BCUT2D eigenvalue weighted by Crippen LogP contribution is 2.23. The highest BCUT2D eigenvalue weighted by Gasteiger charge is 2.41. The van der Waals surface area contributed by atoms with Crippen molar-refractivity contribution in [3.05, 3.63) is 35.9 Å². The van der Waals surface area contributed by atoms with E-state index >= 15 is 0 Å². The summed E-state index contributed by atoms with van der Waals surface area (Å²) in [7, 11) is 5.06. The van der Waals surface area contributed by atoms with Crippen LogP contribution in [0.4, 0.5) is 4.79 Å². The number of esters is 1. The van der Waals surface area contributed by atoms with Crippen LogP contribution < -0.4 is 5.32 Å². The Bertz CT molecular complexity index is 790. The molecule has 0 aliphatic heterocycles. The van der Waals surface area contributed by atoms with E-state index < -0.39 is 12.0 Å². The highest BCUT2D eigenvalue weighted by molar-refractivity contribution is 7.98. The number of carbonyl (C=O) groups is 3. The Morgan fingerprint density at radius 2 is 1.80 bits per heavy atom. The van der Waals surface area contributed by atoms with Gasteiger partial charge in [-0.05, 0) is 37.3 Å².